The van der Waals surface area contributed by atoms with E-state index < -0.39 is 43.7 Å². The summed E-state index contributed by atoms with van der Waals surface area (Å²) in [6.45, 7) is 0. The fourth-order valence-electron chi connectivity index (χ4n) is 2.41. The van der Waals surface area contributed by atoms with E-state index in [1.54, 1.807) is 0 Å². The first-order valence-corrected chi connectivity index (χ1v) is 9.44. The van der Waals surface area contributed by atoms with Gasteiger partial charge >= 0.3 is 12.4 Å². The second-order valence-corrected chi connectivity index (χ2v) is 8.81. The van der Waals surface area contributed by atoms with Crippen LogP contribution in [0.25, 0.3) is 0 Å². The van der Waals surface area contributed by atoms with Crippen LogP contribution in [0.3, 0.4) is 0 Å². The lowest BCUT2D eigenvalue weighted by Crippen LogP contribution is -2.43. The first-order chi connectivity index (χ1) is 14.3. The van der Waals surface area contributed by atoms with E-state index in [0.717, 1.165) is 48.6 Å². The summed E-state index contributed by atoms with van der Waals surface area (Å²) in [7, 11) is 0. The molecule has 2 rings (SSSR count). The number of carbonyl (C=O) groups excluding carboxylic acids is 2. The lowest BCUT2D eigenvalue weighted by Gasteiger charge is -2.38. The summed E-state index contributed by atoms with van der Waals surface area (Å²) in [6.07, 6.45) is -8.65. The molecule has 0 N–H and O–H groups in total. The molecule has 13 heteroatoms. The number of aliphatic imine (C=N–C) groups is 2. The maximum atomic E-state index is 14.0. The van der Waals surface area contributed by atoms with Crippen LogP contribution in [0.1, 0.15) is 11.1 Å². The van der Waals surface area contributed by atoms with E-state index in [2.05, 4.69) is 9.98 Å². The van der Waals surface area contributed by atoms with Crippen molar-refractivity contribution in [3.05, 3.63) is 59.7 Å². The molecule has 31 heavy (non-hydrogen) atoms. The fraction of sp³-hybridized carbons (Fsp3) is 0.222. The van der Waals surface area contributed by atoms with Gasteiger partial charge in [-0.05, 0) is 35.4 Å². The van der Waals surface area contributed by atoms with Crippen LogP contribution in [-0.2, 0) is 18.0 Å². The van der Waals surface area contributed by atoms with Gasteiger partial charge in [-0.3, -0.25) is 0 Å². The Labute approximate surface area is 185 Å². The molecule has 0 aliphatic heterocycles. The van der Waals surface area contributed by atoms with Crippen LogP contribution in [0, 0.1) is 0 Å². The topological polar surface area (TPSA) is 58.9 Å². The van der Waals surface area contributed by atoms with Gasteiger partial charge in [0, 0.05) is 0 Å². The van der Waals surface area contributed by atoms with Crippen LogP contribution in [0.4, 0.5) is 37.7 Å². The van der Waals surface area contributed by atoms with Crippen LogP contribution in [0.2, 0.25) is 0 Å². The van der Waals surface area contributed by atoms with Crippen molar-refractivity contribution in [3.63, 3.8) is 0 Å². The zero-order valence-electron chi connectivity index (χ0n) is 14.8. The Hall–Kier alpha value is -2.29. The van der Waals surface area contributed by atoms with E-state index in [1.807, 2.05) is 0 Å². The van der Waals surface area contributed by atoms with Gasteiger partial charge in [0.1, 0.15) is 0 Å². The third-order valence-electron chi connectivity index (χ3n) is 3.79. The maximum absolute atomic E-state index is 14.0. The highest BCUT2D eigenvalue weighted by molar-refractivity contribution is 8.03. The quantitative estimate of drug-likeness (QED) is 0.186. The summed E-state index contributed by atoms with van der Waals surface area (Å²) in [4.78, 5) is 27.1. The van der Waals surface area contributed by atoms with Gasteiger partial charge in [0.25, 0.3) is 0 Å². The second kappa shape index (κ2) is 9.06. The van der Waals surface area contributed by atoms with Crippen molar-refractivity contribution in [2.45, 2.75) is 20.8 Å². The largest absolute Gasteiger partial charge is 0.421 e. The van der Waals surface area contributed by atoms with Crippen molar-refractivity contribution in [2.75, 3.05) is 0 Å². The molecule has 2 aromatic rings. The van der Waals surface area contributed by atoms with E-state index in [4.69, 9.17) is 23.2 Å². The molecule has 0 saturated carbocycles. The van der Waals surface area contributed by atoms with E-state index in [-0.39, 0.29) is 11.4 Å². The van der Waals surface area contributed by atoms with Gasteiger partial charge < -0.3 is 0 Å². The number of benzene rings is 2. The number of hydrogen-bond acceptors (Lipinski definition) is 5. The molecule has 2 aromatic carbocycles. The molecule has 0 heterocycles. The molecule has 0 spiro atoms. The molecule has 0 aliphatic rings. The Bertz CT molecular complexity index is 984. The minimum Gasteiger partial charge on any atom is -0.211 e. The Morgan fingerprint density at radius 3 is 1.35 bits per heavy atom. The third-order valence-corrected chi connectivity index (χ3v) is 6.62. The molecule has 4 nitrogen and oxygen atoms in total. The Morgan fingerprint density at radius 1 is 0.710 bits per heavy atom. The van der Waals surface area contributed by atoms with Crippen molar-refractivity contribution < 1.29 is 35.9 Å². The lowest BCUT2D eigenvalue weighted by molar-refractivity contribution is -0.149. The van der Waals surface area contributed by atoms with Gasteiger partial charge in [-0.15, -0.1) is 0 Å². The zero-order chi connectivity index (χ0) is 23.5. The highest BCUT2D eigenvalue weighted by atomic mass is 35.5. The van der Waals surface area contributed by atoms with Crippen LogP contribution in [0.5, 0.6) is 0 Å². The minimum absolute atomic E-state index is 0.308. The smallest absolute Gasteiger partial charge is 0.211 e. The third kappa shape index (κ3) is 5.14. The SMILES string of the molecule is O=C=Nc1cccc(C(Cl)(SC(Cl)(c2cccc(N=C=O)c2)C(F)(F)F)C(F)(F)F)c1. The first-order valence-electron chi connectivity index (χ1n) is 7.87. The molecular formula is C18H8Cl2F6N2O2S. The van der Waals surface area contributed by atoms with E-state index in [1.165, 1.54) is 0 Å². The Balaban J connectivity index is 2.74. The molecule has 0 radical (unpaired) electrons. The summed E-state index contributed by atoms with van der Waals surface area (Å²) in [6, 6.07) is 7.33. The van der Waals surface area contributed by atoms with Crippen LogP contribution in [0.15, 0.2) is 58.5 Å². The number of hydrogen-bond donors (Lipinski definition) is 0. The fourth-order valence-corrected chi connectivity index (χ4v) is 4.57. The molecule has 2 unspecified atom stereocenters. The molecule has 164 valence electrons. The number of rotatable bonds is 6. The van der Waals surface area contributed by atoms with Crippen LogP contribution in [-0.4, -0.2) is 24.5 Å². The highest BCUT2D eigenvalue weighted by Crippen LogP contribution is 2.65. The van der Waals surface area contributed by atoms with Gasteiger partial charge in [-0.2, -0.15) is 36.3 Å². The van der Waals surface area contributed by atoms with Gasteiger partial charge in [0.2, 0.25) is 20.6 Å². The van der Waals surface area contributed by atoms with Gasteiger partial charge in [0.05, 0.1) is 11.4 Å². The zero-order valence-corrected chi connectivity index (χ0v) is 17.1. The molecule has 0 amide bonds. The minimum atomic E-state index is -5.44. The second-order valence-electron chi connectivity index (χ2n) is 5.79. The van der Waals surface area contributed by atoms with E-state index >= 15 is 0 Å². The van der Waals surface area contributed by atoms with Crippen molar-refractivity contribution in [1.29, 1.82) is 0 Å². The summed E-state index contributed by atoms with van der Waals surface area (Å²) in [5, 5.41) is 0. The standard InChI is InChI=1S/C18H8Cl2F6N2O2S/c19-15(17(21,22)23,11-3-1-5-13(7-11)27-9-29)31-16(20,18(24,25)26)12-4-2-6-14(8-12)28-10-30/h1-8H. The molecule has 2 atom stereocenters. The van der Waals surface area contributed by atoms with Crippen LogP contribution >= 0.6 is 35.0 Å². The maximum Gasteiger partial charge on any atom is 0.421 e. The normalized spacial score (nSPS) is 15.7. The van der Waals surface area contributed by atoms with Gasteiger partial charge in [-0.1, -0.05) is 59.2 Å². The van der Waals surface area contributed by atoms with E-state index in [9.17, 15) is 35.9 Å². The number of halogens is 8. The molecule has 0 fully saturated rings. The summed E-state index contributed by atoms with van der Waals surface area (Å²) in [5.74, 6) is 0. The van der Waals surface area contributed by atoms with Crippen molar-refractivity contribution in [1.82, 2.24) is 0 Å². The lowest BCUT2D eigenvalue weighted by atomic mass is 10.1. The van der Waals surface area contributed by atoms with Crippen molar-refractivity contribution in [2.24, 2.45) is 9.98 Å². The van der Waals surface area contributed by atoms with Crippen molar-refractivity contribution in [3.8, 4) is 0 Å². The van der Waals surface area contributed by atoms with Crippen molar-refractivity contribution >= 4 is 58.5 Å². The first kappa shape index (κ1) is 25.0. The number of nitrogens with zero attached hydrogens (tertiary/aromatic N) is 2. The van der Waals surface area contributed by atoms with Crippen LogP contribution < -0.4 is 0 Å². The summed E-state index contributed by atoms with van der Waals surface area (Å²) >= 11 is 10.7. The number of thioether (sulfide) groups is 1. The average Bonchev–Trinajstić information content (AvgIpc) is 2.67. The number of alkyl halides is 8. The summed E-state index contributed by atoms with van der Waals surface area (Å²) in [5.41, 5.74) is -2.31. The molecule has 0 bridgehead atoms. The Morgan fingerprint density at radius 2 is 1.06 bits per heavy atom. The predicted octanol–water partition coefficient (Wildman–Crippen LogP) is 6.96. The average molecular weight is 501 g/mol. The predicted molar refractivity (Wildman–Crippen MR) is 103 cm³/mol. The monoisotopic (exact) mass is 500 g/mol. The van der Waals surface area contributed by atoms with Gasteiger partial charge in [0.15, 0.2) is 0 Å². The number of isocyanates is 2. The molecule has 0 saturated heterocycles. The van der Waals surface area contributed by atoms with Gasteiger partial charge in [-0.25, -0.2) is 9.59 Å². The molecule has 0 aliphatic carbocycles. The molecular weight excluding hydrogens is 493 g/mol. The summed E-state index contributed by atoms with van der Waals surface area (Å²) < 4.78 is 76.5. The highest BCUT2D eigenvalue weighted by Gasteiger charge is 2.66. The van der Waals surface area contributed by atoms with E-state index in [0.29, 0.717) is 12.1 Å². The molecule has 0 aromatic heterocycles. The Kier molecular flexibility index (Phi) is 7.30.